The van der Waals surface area contributed by atoms with Gasteiger partial charge in [0.2, 0.25) is 0 Å². The fourth-order valence-corrected chi connectivity index (χ4v) is 3.07. The van der Waals surface area contributed by atoms with Crippen molar-refractivity contribution < 1.29 is 10.2 Å². The minimum atomic E-state index is 0.0191. The van der Waals surface area contributed by atoms with Gasteiger partial charge in [0, 0.05) is 5.56 Å². The molecule has 1 atom stereocenters. The summed E-state index contributed by atoms with van der Waals surface area (Å²) in [4.78, 5) is 0. The summed E-state index contributed by atoms with van der Waals surface area (Å²) in [5, 5.41) is 23.0. The molecule has 2 rings (SSSR count). The van der Waals surface area contributed by atoms with Crippen molar-refractivity contribution >= 4 is 0 Å². The summed E-state index contributed by atoms with van der Waals surface area (Å²) < 4.78 is 0. The number of fused-ring (bicyclic) bond motifs is 1. The number of aromatic hydroxyl groups is 2. The molecular formula is C17H27NO2. The second-order valence-electron chi connectivity index (χ2n) is 5.93. The SMILES string of the molecule is CCCCNCCCC1CCc2ccc(O)c(O)c2C1. The first-order valence-electron chi connectivity index (χ1n) is 7.95. The number of benzene rings is 1. The maximum atomic E-state index is 9.97. The van der Waals surface area contributed by atoms with Crippen LogP contribution in [0.2, 0.25) is 0 Å². The van der Waals surface area contributed by atoms with Crippen molar-refractivity contribution in [3.05, 3.63) is 23.3 Å². The minimum absolute atomic E-state index is 0.0191. The van der Waals surface area contributed by atoms with Crippen LogP contribution in [-0.4, -0.2) is 23.3 Å². The van der Waals surface area contributed by atoms with Gasteiger partial charge in [-0.15, -0.1) is 0 Å². The summed E-state index contributed by atoms with van der Waals surface area (Å²) >= 11 is 0. The molecule has 0 fully saturated rings. The van der Waals surface area contributed by atoms with Crippen LogP contribution in [0.4, 0.5) is 0 Å². The lowest BCUT2D eigenvalue weighted by Gasteiger charge is -2.25. The van der Waals surface area contributed by atoms with E-state index in [9.17, 15) is 10.2 Å². The van der Waals surface area contributed by atoms with Gasteiger partial charge in [-0.1, -0.05) is 19.4 Å². The van der Waals surface area contributed by atoms with Gasteiger partial charge in [-0.05, 0) is 69.2 Å². The Hall–Kier alpha value is -1.22. The Balaban J connectivity index is 1.78. The first-order chi connectivity index (χ1) is 9.72. The number of nitrogens with one attached hydrogen (secondary N) is 1. The Bertz CT molecular complexity index is 431. The summed E-state index contributed by atoms with van der Waals surface area (Å²) in [6, 6.07) is 3.55. The standard InChI is InChI=1S/C17H27NO2/c1-2-3-10-18-11-4-5-13-6-7-14-8-9-16(19)17(20)15(14)12-13/h8-9,13,18-20H,2-7,10-12H2,1H3. The number of phenolic OH excluding ortho intramolecular Hbond substituents is 2. The van der Waals surface area contributed by atoms with Crippen LogP contribution in [0.3, 0.4) is 0 Å². The zero-order valence-corrected chi connectivity index (χ0v) is 12.5. The molecule has 0 saturated heterocycles. The number of aryl methyl sites for hydroxylation is 1. The molecule has 0 radical (unpaired) electrons. The largest absolute Gasteiger partial charge is 0.504 e. The van der Waals surface area contributed by atoms with E-state index in [-0.39, 0.29) is 11.5 Å². The van der Waals surface area contributed by atoms with Crippen molar-refractivity contribution in [3.8, 4) is 11.5 Å². The van der Waals surface area contributed by atoms with Gasteiger partial charge in [0.05, 0.1) is 0 Å². The third-order valence-corrected chi connectivity index (χ3v) is 4.35. The molecule has 112 valence electrons. The van der Waals surface area contributed by atoms with Gasteiger partial charge >= 0.3 is 0 Å². The molecule has 20 heavy (non-hydrogen) atoms. The Labute approximate surface area is 122 Å². The molecule has 0 amide bonds. The van der Waals surface area contributed by atoms with Crippen LogP contribution in [0.15, 0.2) is 12.1 Å². The molecule has 3 nitrogen and oxygen atoms in total. The van der Waals surface area contributed by atoms with Crippen molar-refractivity contribution in [3.63, 3.8) is 0 Å². The van der Waals surface area contributed by atoms with Gasteiger partial charge in [-0.3, -0.25) is 0 Å². The second kappa shape index (κ2) is 7.53. The van der Waals surface area contributed by atoms with E-state index in [0.29, 0.717) is 5.92 Å². The van der Waals surface area contributed by atoms with Crippen LogP contribution in [0.25, 0.3) is 0 Å². The van der Waals surface area contributed by atoms with Gasteiger partial charge in [0.25, 0.3) is 0 Å². The van der Waals surface area contributed by atoms with Crippen molar-refractivity contribution in [2.75, 3.05) is 13.1 Å². The molecule has 1 aliphatic rings. The molecule has 1 aromatic rings. The van der Waals surface area contributed by atoms with Crippen LogP contribution >= 0.6 is 0 Å². The van der Waals surface area contributed by atoms with E-state index in [0.717, 1.165) is 31.5 Å². The molecule has 0 aliphatic heterocycles. The summed E-state index contributed by atoms with van der Waals surface area (Å²) in [6.45, 7) is 4.43. The molecule has 1 aromatic carbocycles. The number of phenols is 2. The summed E-state index contributed by atoms with van der Waals surface area (Å²) in [5.41, 5.74) is 2.18. The highest BCUT2D eigenvalue weighted by Gasteiger charge is 2.22. The molecular weight excluding hydrogens is 250 g/mol. The van der Waals surface area contributed by atoms with Crippen LogP contribution in [0.1, 0.15) is 50.2 Å². The normalized spacial score (nSPS) is 17.9. The quantitative estimate of drug-likeness (QED) is 0.529. The van der Waals surface area contributed by atoms with Crippen molar-refractivity contribution in [1.82, 2.24) is 5.32 Å². The third kappa shape index (κ3) is 3.89. The Morgan fingerprint density at radius 1 is 1.20 bits per heavy atom. The lowest BCUT2D eigenvalue weighted by molar-refractivity contribution is 0.371. The third-order valence-electron chi connectivity index (χ3n) is 4.35. The first kappa shape index (κ1) is 15.2. The van der Waals surface area contributed by atoms with E-state index in [2.05, 4.69) is 12.2 Å². The average molecular weight is 277 g/mol. The Morgan fingerprint density at radius 3 is 2.80 bits per heavy atom. The molecule has 3 heteroatoms. The molecule has 0 heterocycles. The van der Waals surface area contributed by atoms with Gasteiger partial charge in [0.15, 0.2) is 11.5 Å². The van der Waals surface area contributed by atoms with E-state index >= 15 is 0 Å². The molecule has 0 bridgehead atoms. The topological polar surface area (TPSA) is 52.5 Å². The lowest BCUT2D eigenvalue weighted by Crippen LogP contribution is -2.19. The van der Waals surface area contributed by atoms with Crippen LogP contribution in [-0.2, 0) is 12.8 Å². The Morgan fingerprint density at radius 2 is 2.00 bits per heavy atom. The number of unbranched alkanes of at least 4 members (excludes halogenated alkanes) is 1. The van der Waals surface area contributed by atoms with E-state index in [1.54, 1.807) is 6.07 Å². The minimum Gasteiger partial charge on any atom is -0.504 e. The number of hydrogen-bond donors (Lipinski definition) is 3. The van der Waals surface area contributed by atoms with Crippen LogP contribution < -0.4 is 5.32 Å². The van der Waals surface area contributed by atoms with E-state index < -0.39 is 0 Å². The predicted molar refractivity (Wildman–Crippen MR) is 82.3 cm³/mol. The summed E-state index contributed by atoms with van der Waals surface area (Å²) in [6.07, 6.45) is 8.03. The predicted octanol–water partition coefficient (Wildman–Crippen LogP) is 3.37. The van der Waals surface area contributed by atoms with Gasteiger partial charge < -0.3 is 15.5 Å². The summed E-state index contributed by atoms with van der Waals surface area (Å²) in [7, 11) is 0. The van der Waals surface area contributed by atoms with Gasteiger partial charge in [0.1, 0.15) is 0 Å². The molecule has 3 N–H and O–H groups in total. The maximum absolute atomic E-state index is 9.97. The zero-order chi connectivity index (χ0) is 14.4. The highest BCUT2D eigenvalue weighted by atomic mass is 16.3. The van der Waals surface area contributed by atoms with E-state index in [1.807, 2.05) is 6.07 Å². The molecule has 0 aromatic heterocycles. The van der Waals surface area contributed by atoms with Crippen LogP contribution in [0.5, 0.6) is 11.5 Å². The van der Waals surface area contributed by atoms with Crippen molar-refractivity contribution in [2.24, 2.45) is 5.92 Å². The maximum Gasteiger partial charge on any atom is 0.160 e. The summed E-state index contributed by atoms with van der Waals surface area (Å²) in [5.74, 6) is 0.766. The van der Waals surface area contributed by atoms with E-state index in [1.165, 1.54) is 37.7 Å². The number of rotatable bonds is 7. The molecule has 0 spiro atoms. The first-order valence-corrected chi connectivity index (χ1v) is 7.95. The monoisotopic (exact) mass is 277 g/mol. The average Bonchev–Trinajstić information content (AvgIpc) is 2.47. The van der Waals surface area contributed by atoms with Crippen LogP contribution in [0, 0.1) is 5.92 Å². The molecule has 0 saturated carbocycles. The Kier molecular flexibility index (Phi) is 5.72. The van der Waals surface area contributed by atoms with E-state index in [4.69, 9.17) is 0 Å². The van der Waals surface area contributed by atoms with Crippen molar-refractivity contribution in [1.29, 1.82) is 0 Å². The fourth-order valence-electron chi connectivity index (χ4n) is 3.07. The molecule has 1 aliphatic carbocycles. The van der Waals surface area contributed by atoms with Gasteiger partial charge in [-0.25, -0.2) is 0 Å². The van der Waals surface area contributed by atoms with Crippen molar-refractivity contribution in [2.45, 2.75) is 51.9 Å². The second-order valence-corrected chi connectivity index (χ2v) is 5.93. The molecule has 1 unspecified atom stereocenters. The highest BCUT2D eigenvalue weighted by Crippen LogP contribution is 2.38. The van der Waals surface area contributed by atoms with Gasteiger partial charge in [-0.2, -0.15) is 0 Å². The fraction of sp³-hybridized carbons (Fsp3) is 0.647. The zero-order valence-electron chi connectivity index (χ0n) is 12.5. The smallest absolute Gasteiger partial charge is 0.160 e. The number of hydrogen-bond acceptors (Lipinski definition) is 3. The highest BCUT2D eigenvalue weighted by molar-refractivity contribution is 5.50. The lowest BCUT2D eigenvalue weighted by atomic mass is 9.81.